The lowest BCUT2D eigenvalue weighted by Crippen LogP contribution is -2.59. The molecule has 1 unspecified atom stereocenters. The molecule has 7 rings (SSSR count). The van der Waals surface area contributed by atoms with Crippen LogP contribution in [0.2, 0.25) is 10.0 Å². The molecule has 4 fully saturated rings. The average molecular weight is 605 g/mol. The SMILES string of the molecule is CC1(C)CC1.O=CN1CC2(C1)CN(C(=O)c1cncs1)CC2c1nnc(C2(c3ccc(Cl)c(Cl)c3)CC(O)C2)o1. The lowest BCUT2D eigenvalue weighted by Gasteiger charge is -2.48. The van der Waals surface area contributed by atoms with Crippen molar-refractivity contribution in [3.05, 3.63) is 62.2 Å². The van der Waals surface area contributed by atoms with E-state index in [2.05, 4.69) is 29.0 Å². The molecule has 1 N–H and O–H groups in total. The van der Waals surface area contributed by atoms with E-state index in [-0.39, 0.29) is 17.2 Å². The summed E-state index contributed by atoms with van der Waals surface area (Å²) in [7, 11) is 0. The fourth-order valence-electron chi connectivity index (χ4n) is 5.99. The number of carbonyl (C=O) groups is 2. The number of aromatic nitrogens is 3. The van der Waals surface area contributed by atoms with Crippen molar-refractivity contribution in [2.45, 2.75) is 57.0 Å². The van der Waals surface area contributed by atoms with Crippen molar-refractivity contribution in [1.82, 2.24) is 25.0 Å². The molecule has 0 bridgehead atoms. The Balaban J connectivity index is 0.000000523. The standard InChI is InChI=1S/C23H21Cl2N5O4S.C5H10/c24-16-2-1-13(3-17(16)25)23(4-14(32)5-23)21-28-27-19(34-21)15-7-30(20(33)18-6-26-11-35-18)10-22(15)8-29(9-22)12-31;1-5(2)3-4-5/h1-3,6,11-12,14-15,32H,4-5,7-10H2;3-4H2,1-2H3. The van der Waals surface area contributed by atoms with E-state index >= 15 is 0 Å². The number of amides is 2. The molecule has 1 spiro atoms. The molecule has 0 radical (unpaired) electrons. The van der Waals surface area contributed by atoms with Crippen molar-refractivity contribution in [3.63, 3.8) is 0 Å². The minimum atomic E-state index is -0.656. The zero-order chi connectivity index (χ0) is 28.3. The number of nitrogens with zero attached hydrogens (tertiary/aromatic N) is 5. The minimum Gasteiger partial charge on any atom is -0.424 e. The molecule has 9 nitrogen and oxygen atoms in total. The predicted molar refractivity (Wildman–Crippen MR) is 151 cm³/mol. The van der Waals surface area contributed by atoms with Gasteiger partial charge in [0.15, 0.2) is 0 Å². The summed E-state index contributed by atoms with van der Waals surface area (Å²) in [6, 6.07) is 5.37. The Hall–Kier alpha value is -2.53. The quantitative estimate of drug-likeness (QED) is 0.418. The second kappa shape index (κ2) is 10.1. The summed E-state index contributed by atoms with van der Waals surface area (Å²) in [5.74, 6) is 0.539. The van der Waals surface area contributed by atoms with Crippen LogP contribution < -0.4 is 0 Å². The maximum atomic E-state index is 13.1. The molecule has 4 aliphatic rings. The van der Waals surface area contributed by atoms with Gasteiger partial charge in [-0.2, -0.15) is 0 Å². The van der Waals surface area contributed by atoms with Gasteiger partial charge >= 0.3 is 0 Å². The topological polar surface area (TPSA) is 113 Å². The summed E-state index contributed by atoms with van der Waals surface area (Å²) < 4.78 is 6.30. The number of likely N-dealkylation sites (tertiary alicyclic amines) is 2. The lowest BCUT2D eigenvalue weighted by atomic mass is 9.62. The first-order chi connectivity index (χ1) is 19.0. The number of carbonyl (C=O) groups excluding carboxylic acids is 2. The van der Waals surface area contributed by atoms with Gasteiger partial charge in [-0.1, -0.05) is 43.1 Å². The number of aliphatic hydroxyl groups is 1. The third kappa shape index (κ3) is 4.93. The summed E-state index contributed by atoms with van der Waals surface area (Å²) in [6.07, 6.45) is 5.66. The first-order valence-corrected chi connectivity index (χ1v) is 15.0. The molecule has 2 saturated heterocycles. The van der Waals surface area contributed by atoms with Crippen molar-refractivity contribution >= 4 is 46.9 Å². The van der Waals surface area contributed by atoms with Crippen LogP contribution in [-0.2, 0) is 10.2 Å². The van der Waals surface area contributed by atoms with Crippen molar-refractivity contribution in [2.75, 3.05) is 26.2 Å². The van der Waals surface area contributed by atoms with Gasteiger partial charge in [-0.3, -0.25) is 14.6 Å². The van der Waals surface area contributed by atoms with Gasteiger partial charge < -0.3 is 19.3 Å². The van der Waals surface area contributed by atoms with E-state index in [1.54, 1.807) is 33.6 Å². The Morgan fingerprint density at radius 3 is 2.45 bits per heavy atom. The van der Waals surface area contributed by atoms with Crippen LogP contribution in [0.4, 0.5) is 0 Å². The maximum absolute atomic E-state index is 13.1. The number of aliphatic hydroxyl groups excluding tert-OH is 1. The molecule has 40 heavy (non-hydrogen) atoms. The highest BCUT2D eigenvalue weighted by Gasteiger charge is 2.58. The van der Waals surface area contributed by atoms with Gasteiger partial charge in [0.2, 0.25) is 18.2 Å². The van der Waals surface area contributed by atoms with E-state index in [1.165, 1.54) is 24.2 Å². The highest BCUT2D eigenvalue weighted by atomic mass is 35.5. The number of rotatable bonds is 5. The Kier molecular flexibility index (Phi) is 6.96. The van der Waals surface area contributed by atoms with Crippen LogP contribution in [-0.4, -0.2) is 74.7 Å². The van der Waals surface area contributed by atoms with Gasteiger partial charge in [-0.15, -0.1) is 21.5 Å². The summed E-state index contributed by atoms with van der Waals surface area (Å²) in [4.78, 5) is 32.5. The largest absolute Gasteiger partial charge is 0.424 e. The zero-order valence-corrected chi connectivity index (χ0v) is 24.7. The van der Waals surface area contributed by atoms with Crippen molar-refractivity contribution in [3.8, 4) is 0 Å². The van der Waals surface area contributed by atoms with Crippen LogP contribution in [0, 0.1) is 10.8 Å². The summed E-state index contributed by atoms with van der Waals surface area (Å²) >= 11 is 13.7. The average Bonchev–Trinajstić information content (AvgIpc) is 3.37. The Morgan fingerprint density at radius 1 is 1.15 bits per heavy atom. The fraction of sp³-hybridized carbons (Fsp3) is 0.536. The van der Waals surface area contributed by atoms with Crippen molar-refractivity contribution in [1.29, 1.82) is 0 Å². The molecule has 2 aliphatic carbocycles. The molecule has 1 atom stereocenters. The number of hydrogen-bond donors (Lipinski definition) is 1. The van der Waals surface area contributed by atoms with Crippen LogP contribution >= 0.6 is 34.5 Å². The molecular formula is C28H31Cl2N5O4S. The number of benzene rings is 1. The highest BCUT2D eigenvalue weighted by Crippen LogP contribution is 2.52. The maximum Gasteiger partial charge on any atom is 0.265 e. The van der Waals surface area contributed by atoms with E-state index in [9.17, 15) is 14.7 Å². The summed E-state index contributed by atoms with van der Waals surface area (Å²) in [5, 5.41) is 19.9. The van der Waals surface area contributed by atoms with E-state index in [4.69, 9.17) is 27.6 Å². The van der Waals surface area contributed by atoms with Crippen molar-refractivity contribution < 1.29 is 19.1 Å². The minimum absolute atomic E-state index is 0.0898. The van der Waals surface area contributed by atoms with Crippen LogP contribution in [0.3, 0.4) is 0 Å². The molecule has 1 aromatic carbocycles. The van der Waals surface area contributed by atoms with Crippen LogP contribution in [0.25, 0.3) is 0 Å². The summed E-state index contributed by atoms with van der Waals surface area (Å²) in [6.45, 7) is 6.53. The van der Waals surface area contributed by atoms with Gasteiger partial charge in [0.1, 0.15) is 4.88 Å². The number of thiazole rings is 1. The molecule has 4 heterocycles. The van der Waals surface area contributed by atoms with Crippen LogP contribution in [0.5, 0.6) is 0 Å². The third-order valence-electron chi connectivity index (χ3n) is 8.80. The van der Waals surface area contributed by atoms with Crippen LogP contribution in [0.1, 0.15) is 72.5 Å². The highest BCUT2D eigenvalue weighted by molar-refractivity contribution is 7.11. The second-order valence-corrected chi connectivity index (χ2v) is 14.1. The zero-order valence-electron chi connectivity index (χ0n) is 22.3. The molecule has 2 aliphatic heterocycles. The Bertz CT molecular complexity index is 1410. The lowest BCUT2D eigenvalue weighted by molar-refractivity contribution is -0.129. The Labute approximate surface area is 246 Å². The van der Waals surface area contributed by atoms with Gasteiger partial charge in [-0.05, 0) is 48.8 Å². The van der Waals surface area contributed by atoms with Crippen molar-refractivity contribution in [2.24, 2.45) is 10.8 Å². The molecule has 212 valence electrons. The number of halogens is 2. The first-order valence-electron chi connectivity index (χ1n) is 13.4. The Morgan fingerprint density at radius 2 is 1.88 bits per heavy atom. The normalized spacial score (nSPS) is 27.4. The second-order valence-electron chi connectivity index (χ2n) is 12.4. The first kappa shape index (κ1) is 27.6. The molecule has 2 aromatic heterocycles. The smallest absolute Gasteiger partial charge is 0.265 e. The van der Waals surface area contributed by atoms with Crippen LogP contribution in [0.15, 0.2) is 34.3 Å². The fourth-order valence-corrected chi connectivity index (χ4v) is 6.87. The van der Waals surface area contributed by atoms with Gasteiger partial charge in [0.05, 0.1) is 39.2 Å². The van der Waals surface area contributed by atoms with Gasteiger partial charge in [0, 0.05) is 31.6 Å². The monoisotopic (exact) mass is 603 g/mol. The third-order valence-corrected chi connectivity index (χ3v) is 10.3. The number of hydrogen-bond acceptors (Lipinski definition) is 8. The molecule has 12 heteroatoms. The van der Waals surface area contributed by atoms with E-state index in [0.29, 0.717) is 65.7 Å². The van der Waals surface area contributed by atoms with E-state index in [1.807, 2.05) is 6.07 Å². The van der Waals surface area contributed by atoms with E-state index < -0.39 is 11.5 Å². The van der Waals surface area contributed by atoms with Gasteiger partial charge in [-0.25, -0.2) is 0 Å². The molecule has 2 saturated carbocycles. The molecule has 3 aromatic rings. The predicted octanol–water partition coefficient (Wildman–Crippen LogP) is 4.78. The van der Waals surface area contributed by atoms with E-state index in [0.717, 1.165) is 17.4 Å². The summed E-state index contributed by atoms with van der Waals surface area (Å²) in [5.41, 5.74) is 2.23. The molecule has 2 amide bonds. The molecular weight excluding hydrogens is 573 g/mol. The van der Waals surface area contributed by atoms with Gasteiger partial charge in [0.25, 0.3) is 5.91 Å².